The van der Waals surface area contributed by atoms with Gasteiger partial charge >= 0.3 is 0 Å². The highest BCUT2D eigenvalue weighted by molar-refractivity contribution is 7.91. The van der Waals surface area contributed by atoms with Crippen molar-refractivity contribution >= 4 is 26.5 Å². The van der Waals surface area contributed by atoms with Crippen LogP contribution in [0.4, 0.5) is 0 Å². The van der Waals surface area contributed by atoms with Gasteiger partial charge in [-0.15, -0.1) is 0 Å². The van der Waals surface area contributed by atoms with Crippen LogP contribution >= 0.6 is 0 Å². The number of pyridine rings is 2. The third-order valence-corrected chi connectivity index (χ3v) is 10.6. The molecule has 5 heterocycles. The summed E-state index contributed by atoms with van der Waals surface area (Å²) in [5.41, 5.74) is 10.1. The summed E-state index contributed by atoms with van der Waals surface area (Å²) in [6, 6.07) is 5.22. The zero-order valence-corrected chi connectivity index (χ0v) is 23.6. The van der Waals surface area contributed by atoms with Crippen LogP contribution in [0, 0.1) is 13.8 Å². The lowest BCUT2D eigenvalue weighted by molar-refractivity contribution is 0.302. The number of aromatic amines is 1. The van der Waals surface area contributed by atoms with Crippen molar-refractivity contribution in [2.75, 3.05) is 11.5 Å². The summed E-state index contributed by atoms with van der Waals surface area (Å²) < 4.78 is 25.4. The molecule has 4 aromatic rings. The van der Waals surface area contributed by atoms with E-state index in [1.807, 2.05) is 4.52 Å². The second kappa shape index (κ2) is 9.75. The number of nitrogens with zero attached hydrogens (tertiary/aromatic N) is 4. The molecule has 0 atom stereocenters. The normalized spacial score (nSPS) is 22.6. The molecule has 4 aromatic heterocycles. The Kier molecular flexibility index (Phi) is 6.54. The number of nitrogens with one attached hydrogen (secondary N) is 2. The molecule has 0 unspecified atom stereocenters. The summed E-state index contributed by atoms with van der Waals surface area (Å²) in [5, 5.41) is 8.17. The zero-order chi connectivity index (χ0) is 26.6. The molecule has 38 heavy (non-hydrogen) atoms. The van der Waals surface area contributed by atoms with Gasteiger partial charge in [-0.25, -0.2) is 17.9 Å². The third-order valence-electron chi connectivity index (χ3n) is 8.85. The lowest BCUT2D eigenvalue weighted by Gasteiger charge is -2.33. The molecular weight excluding hydrogens is 496 g/mol. The largest absolute Gasteiger partial charge is 0.353 e. The fraction of sp³-hybridized carbons (Fsp3) is 0.552. The van der Waals surface area contributed by atoms with E-state index in [9.17, 15) is 8.42 Å². The first-order chi connectivity index (χ1) is 18.2. The molecule has 2 N–H and O–H groups in total. The summed E-state index contributed by atoms with van der Waals surface area (Å²) >= 11 is 0. The van der Waals surface area contributed by atoms with Gasteiger partial charge in [0.2, 0.25) is 0 Å². The van der Waals surface area contributed by atoms with E-state index >= 15 is 0 Å². The molecule has 8 nitrogen and oxygen atoms in total. The topological polar surface area (TPSA) is 105 Å². The summed E-state index contributed by atoms with van der Waals surface area (Å²) in [6.45, 7) is 8.75. The van der Waals surface area contributed by atoms with Gasteiger partial charge in [0, 0.05) is 41.0 Å². The van der Waals surface area contributed by atoms with Gasteiger partial charge < -0.3 is 10.3 Å². The lowest BCUT2D eigenvalue weighted by Crippen LogP contribution is -2.44. The molecular formula is C29H38N6O2S. The highest BCUT2D eigenvalue weighted by Crippen LogP contribution is 2.39. The molecule has 1 saturated heterocycles. The number of aromatic nitrogens is 5. The minimum Gasteiger partial charge on any atom is -0.353 e. The second-order valence-corrected chi connectivity index (χ2v) is 14.0. The molecule has 0 aromatic carbocycles. The van der Waals surface area contributed by atoms with Crippen molar-refractivity contribution in [1.82, 2.24) is 29.9 Å². The molecule has 0 spiro atoms. The fourth-order valence-electron chi connectivity index (χ4n) is 6.50. The number of sulfone groups is 1. The van der Waals surface area contributed by atoms with E-state index in [-0.39, 0.29) is 0 Å². The van der Waals surface area contributed by atoms with Crippen LogP contribution in [0.2, 0.25) is 0 Å². The Morgan fingerprint density at radius 2 is 1.71 bits per heavy atom. The van der Waals surface area contributed by atoms with E-state index in [1.54, 1.807) is 6.33 Å². The maximum absolute atomic E-state index is 11.8. The van der Waals surface area contributed by atoms with Crippen LogP contribution in [-0.4, -0.2) is 56.6 Å². The summed E-state index contributed by atoms with van der Waals surface area (Å²) in [7, 11) is -2.81. The van der Waals surface area contributed by atoms with Crippen molar-refractivity contribution in [1.29, 1.82) is 0 Å². The SMILES string of the molecule is Cc1c(-c2[nH]c3ccc(C4CCC(NC5CCS(=O)(=O)CC5)CC4)nc3c2C(C)C)cn2ncnc2c1C. The standard InChI is InChI=1S/C29H38N6O2S/c1-17(2)26-27(23-15-35-29(30-16-31-35)19(4)18(23)3)34-25-10-9-24(33-28(25)26)20-5-7-21(8-6-20)32-22-11-13-38(36,37)14-12-22/h9-10,15-17,20-22,32,34H,5-8,11-14H2,1-4H3. The molecule has 0 radical (unpaired) electrons. The molecule has 1 saturated carbocycles. The Balaban J connectivity index is 1.25. The van der Waals surface area contributed by atoms with E-state index in [1.165, 1.54) is 16.8 Å². The molecule has 2 aliphatic rings. The molecule has 9 heteroatoms. The van der Waals surface area contributed by atoms with Gasteiger partial charge in [0.05, 0.1) is 28.2 Å². The van der Waals surface area contributed by atoms with Crippen LogP contribution in [0.3, 0.4) is 0 Å². The Bertz CT molecular complexity index is 1580. The molecule has 6 rings (SSSR count). The minimum atomic E-state index is -2.81. The van der Waals surface area contributed by atoms with E-state index in [4.69, 9.17) is 4.98 Å². The zero-order valence-electron chi connectivity index (χ0n) is 22.8. The first-order valence-electron chi connectivity index (χ1n) is 14.0. The summed E-state index contributed by atoms with van der Waals surface area (Å²) in [6.07, 6.45) is 9.62. The molecule has 0 amide bonds. The Hall–Kier alpha value is -2.78. The number of hydrogen-bond acceptors (Lipinski definition) is 6. The van der Waals surface area contributed by atoms with Gasteiger partial charge in [-0.2, -0.15) is 5.10 Å². The van der Waals surface area contributed by atoms with Crippen LogP contribution < -0.4 is 5.32 Å². The van der Waals surface area contributed by atoms with E-state index < -0.39 is 9.84 Å². The predicted molar refractivity (Wildman–Crippen MR) is 151 cm³/mol. The molecule has 0 bridgehead atoms. The average molecular weight is 535 g/mol. The van der Waals surface area contributed by atoms with Crippen molar-refractivity contribution < 1.29 is 8.42 Å². The molecule has 1 aliphatic carbocycles. The highest BCUT2D eigenvalue weighted by Gasteiger charge is 2.29. The van der Waals surface area contributed by atoms with Gasteiger partial charge in [0.25, 0.3) is 0 Å². The first kappa shape index (κ1) is 25.5. The number of H-pyrrole nitrogens is 1. The number of aryl methyl sites for hydroxylation is 1. The van der Waals surface area contributed by atoms with Gasteiger partial charge in [-0.1, -0.05) is 13.8 Å². The maximum Gasteiger partial charge on any atom is 0.158 e. The Morgan fingerprint density at radius 1 is 1.00 bits per heavy atom. The minimum absolute atomic E-state index is 0.312. The monoisotopic (exact) mass is 534 g/mol. The highest BCUT2D eigenvalue weighted by atomic mass is 32.2. The summed E-state index contributed by atoms with van der Waals surface area (Å²) in [4.78, 5) is 13.4. The maximum atomic E-state index is 11.8. The van der Waals surface area contributed by atoms with Crippen LogP contribution in [0.1, 0.15) is 86.6 Å². The Morgan fingerprint density at radius 3 is 2.42 bits per heavy atom. The van der Waals surface area contributed by atoms with E-state index in [0.29, 0.717) is 35.4 Å². The number of hydrogen-bond donors (Lipinski definition) is 2. The quantitative estimate of drug-likeness (QED) is 0.364. The van der Waals surface area contributed by atoms with Gasteiger partial charge in [0.15, 0.2) is 5.65 Å². The predicted octanol–water partition coefficient (Wildman–Crippen LogP) is 5.21. The molecule has 2 fully saturated rings. The lowest BCUT2D eigenvalue weighted by atomic mass is 9.83. The second-order valence-electron chi connectivity index (χ2n) is 11.7. The van der Waals surface area contributed by atoms with Crippen molar-refractivity contribution in [3.05, 3.63) is 47.0 Å². The third kappa shape index (κ3) is 4.64. The van der Waals surface area contributed by atoms with Crippen LogP contribution in [-0.2, 0) is 9.84 Å². The van der Waals surface area contributed by atoms with Crippen LogP contribution in [0.25, 0.3) is 27.9 Å². The van der Waals surface area contributed by atoms with Crippen molar-refractivity contribution in [3.63, 3.8) is 0 Å². The first-order valence-corrected chi connectivity index (χ1v) is 15.8. The number of rotatable bonds is 5. The van der Waals surface area contributed by atoms with Crippen molar-refractivity contribution in [2.24, 2.45) is 0 Å². The van der Waals surface area contributed by atoms with Crippen molar-refractivity contribution in [3.8, 4) is 11.3 Å². The van der Waals surface area contributed by atoms with Crippen molar-refractivity contribution in [2.45, 2.75) is 90.1 Å². The van der Waals surface area contributed by atoms with E-state index in [0.717, 1.165) is 72.0 Å². The van der Waals surface area contributed by atoms with Gasteiger partial charge in [-0.3, -0.25) is 4.98 Å². The average Bonchev–Trinajstić information content (AvgIpc) is 3.52. The molecule has 1 aliphatic heterocycles. The van der Waals surface area contributed by atoms with Gasteiger partial charge in [0.1, 0.15) is 16.2 Å². The van der Waals surface area contributed by atoms with Crippen LogP contribution in [0.5, 0.6) is 0 Å². The van der Waals surface area contributed by atoms with Gasteiger partial charge in [-0.05, 0) is 81.5 Å². The Labute approximate surface area is 224 Å². The fourth-order valence-corrected chi connectivity index (χ4v) is 7.99. The van der Waals surface area contributed by atoms with Crippen LogP contribution in [0.15, 0.2) is 24.7 Å². The summed E-state index contributed by atoms with van der Waals surface area (Å²) in [5.74, 6) is 1.42. The smallest absolute Gasteiger partial charge is 0.158 e. The number of fused-ring (bicyclic) bond motifs is 2. The van der Waals surface area contributed by atoms with E-state index in [2.05, 4.69) is 66.4 Å². The molecule has 202 valence electrons.